The molecule has 0 bridgehead atoms. The molecule has 0 aromatic heterocycles. The minimum Gasteiger partial charge on any atom is -0.468 e. The molecule has 1 atom stereocenters. The zero-order valence-corrected chi connectivity index (χ0v) is 9.81. The third-order valence-electron chi connectivity index (χ3n) is 2.05. The number of carbonyl (C=O) groups is 1. The average Bonchev–Trinajstić information content (AvgIpc) is 2.29. The Kier molecular flexibility index (Phi) is 4.73. The Balaban J connectivity index is 2.61. The standard InChI is InChI=1S/C11H12F2O2S/c1-7(11(14)15-2)16-6-8-4-3-5-9(12)10(8)13/h3-5,7H,6H2,1-2H3. The summed E-state index contributed by atoms with van der Waals surface area (Å²) in [7, 11) is 1.29. The summed E-state index contributed by atoms with van der Waals surface area (Å²) < 4.78 is 30.6. The number of hydrogen-bond acceptors (Lipinski definition) is 3. The predicted octanol–water partition coefficient (Wildman–Crippen LogP) is 2.76. The molecule has 0 N–H and O–H groups in total. The van der Waals surface area contributed by atoms with Crippen LogP contribution in [0.2, 0.25) is 0 Å². The lowest BCUT2D eigenvalue weighted by Gasteiger charge is -2.09. The minimum atomic E-state index is -0.871. The van der Waals surface area contributed by atoms with Crippen LogP contribution >= 0.6 is 11.8 Å². The maximum Gasteiger partial charge on any atom is 0.318 e. The van der Waals surface area contributed by atoms with Crippen molar-refractivity contribution in [1.82, 2.24) is 0 Å². The summed E-state index contributed by atoms with van der Waals surface area (Å²) in [6, 6.07) is 4.00. The molecule has 1 aromatic carbocycles. The molecular weight excluding hydrogens is 234 g/mol. The summed E-state index contributed by atoms with van der Waals surface area (Å²) in [6.45, 7) is 1.66. The maximum absolute atomic E-state index is 13.2. The van der Waals surface area contributed by atoms with Gasteiger partial charge in [-0.25, -0.2) is 8.78 Å². The van der Waals surface area contributed by atoms with Gasteiger partial charge in [0.1, 0.15) is 0 Å². The smallest absolute Gasteiger partial charge is 0.318 e. The molecule has 88 valence electrons. The molecule has 0 aliphatic rings. The van der Waals surface area contributed by atoms with Gasteiger partial charge in [-0.2, -0.15) is 0 Å². The molecule has 5 heteroatoms. The van der Waals surface area contributed by atoms with Gasteiger partial charge in [-0.3, -0.25) is 4.79 Å². The number of ether oxygens (including phenoxy) is 1. The predicted molar refractivity (Wildman–Crippen MR) is 59.1 cm³/mol. The van der Waals surface area contributed by atoms with E-state index in [1.807, 2.05) is 0 Å². The summed E-state index contributed by atoms with van der Waals surface area (Å²) in [5.41, 5.74) is 0.251. The highest BCUT2D eigenvalue weighted by molar-refractivity contribution is 7.99. The first-order valence-corrected chi connectivity index (χ1v) is 5.73. The monoisotopic (exact) mass is 246 g/mol. The first-order chi connectivity index (χ1) is 7.56. The van der Waals surface area contributed by atoms with E-state index in [1.165, 1.54) is 31.0 Å². The Hall–Kier alpha value is -1.10. The number of halogens is 2. The highest BCUT2D eigenvalue weighted by Gasteiger charge is 2.15. The van der Waals surface area contributed by atoms with Gasteiger partial charge in [0.15, 0.2) is 11.6 Å². The van der Waals surface area contributed by atoms with E-state index >= 15 is 0 Å². The third kappa shape index (κ3) is 3.20. The fourth-order valence-corrected chi connectivity index (χ4v) is 1.99. The number of methoxy groups -OCH3 is 1. The molecule has 2 nitrogen and oxygen atoms in total. The molecule has 0 radical (unpaired) electrons. The van der Waals surface area contributed by atoms with Crippen LogP contribution in [0.15, 0.2) is 18.2 Å². The zero-order valence-electron chi connectivity index (χ0n) is 9.00. The normalized spacial score (nSPS) is 12.2. The van der Waals surface area contributed by atoms with E-state index in [0.717, 1.165) is 6.07 Å². The van der Waals surface area contributed by atoms with Crippen molar-refractivity contribution >= 4 is 17.7 Å². The van der Waals surface area contributed by atoms with Gasteiger partial charge in [0.05, 0.1) is 12.4 Å². The molecule has 16 heavy (non-hydrogen) atoms. The fraction of sp³-hybridized carbons (Fsp3) is 0.364. The molecule has 1 aromatic rings. The molecule has 0 aliphatic heterocycles. The van der Waals surface area contributed by atoms with Crippen molar-refractivity contribution < 1.29 is 18.3 Å². The quantitative estimate of drug-likeness (QED) is 0.764. The van der Waals surface area contributed by atoms with Gasteiger partial charge in [-0.1, -0.05) is 12.1 Å². The molecule has 0 aliphatic carbocycles. The van der Waals surface area contributed by atoms with E-state index in [2.05, 4.69) is 4.74 Å². The molecule has 0 fully saturated rings. The number of rotatable bonds is 4. The third-order valence-corrected chi connectivity index (χ3v) is 3.22. The van der Waals surface area contributed by atoms with Crippen LogP contribution in [0, 0.1) is 11.6 Å². The Bertz CT molecular complexity index is 382. The lowest BCUT2D eigenvalue weighted by atomic mass is 10.2. The van der Waals surface area contributed by atoms with Crippen molar-refractivity contribution in [2.45, 2.75) is 17.9 Å². The summed E-state index contributed by atoms with van der Waals surface area (Å²) >= 11 is 1.20. The summed E-state index contributed by atoms with van der Waals surface area (Å²) in [4.78, 5) is 11.1. The highest BCUT2D eigenvalue weighted by Crippen LogP contribution is 2.21. The maximum atomic E-state index is 13.2. The minimum absolute atomic E-state index is 0.236. The van der Waals surface area contributed by atoms with Crippen LogP contribution in [0.5, 0.6) is 0 Å². The van der Waals surface area contributed by atoms with Crippen molar-refractivity contribution in [2.75, 3.05) is 7.11 Å². The van der Waals surface area contributed by atoms with E-state index in [1.54, 1.807) is 6.92 Å². The van der Waals surface area contributed by atoms with Gasteiger partial charge >= 0.3 is 5.97 Å². The number of esters is 1. The van der Waals surface area contributed by atoms with Gasteiger partial charge in [0.25, 0.3) is 0 Å². The molecule has 1 unspecified atom stereocenters. The van der Waals surface area contributed by atoms with Crippen molar-refractivity contribution in [3.63, 3.8) is 0 Å². The Morgan fingerprint density at radius 1 is 1.50 bits per heavy atom. The molecule has 0 amide bonds. The number of hydrogen-bond donors (Lipinski definition) is 0. The first-order valence-electron chi connectivity index (χ1n) is 4.68. The van der Waals surface area contributed by atoms with Crippen LogP contribution in [0.25, 0.3) is 0 Å². The van der Waals surface area contributed by atoms with Crippen LogP contribution in [0.3, 0.4) is 0 Å². The Morgan fingerprint density at radius 2 is 2.19 bits per heavy atom. The second-order valence-corrected chi connectivity index (χ2v) is 4.52. The van der Waals surface area contributed by atoms with E-state index in [9.17, 15) is 13.6 Å². The van der Waals surface area contributed by atoms with E-state index in [4.69, 9.17) is 0 Å². The van der Waals surface area contributed by atoms with Gasteiger partial charge < -0.3 is 4.74 Å². The van der Waals surface area contributed by atoms with Crippen LogP contribution in [0.1, 0.15) is 12.5 Å². The van der Waals surface area contributed by atoms with Crippen molar-refractivity contribution in [1.29, 1.82) is 0 Å². The van der Waals surface area contributed by atoms with Gasteiger partial charge in [-0.05, 0) is 13.0 Å². The molecular formula is C11H12F2O2S. The van der Waals surface area contributed by atoms with Crippen LogP contribution in [0.4, 0.5) is 8.78 Å². The fourth-order valence-electron chi connectivity index (χ4n) is 1.11. The number of thioether (sulfide) groups is 1. The van der Waals surface area contributed by atoms with Gasteiger partial charge in [0, 0.05) is 11.3 Å². The average molecular weight is 246 g/mol. The van der Waals surface area contributed by atoms with E-state index in [0.29, 0.717) is 0 Å². The van der Waals surface area contributed by atoms with Crippen LogP contribution in [-0.4, -0.2) is 18.3 Å². The lowest BCUT2D eigenvalue weighted by Crippen LogP contribution is -2.15. The van der Waals surface area contributed by atoms with E-state index < -0.39 is 16.9 Å². The van der Waals surface area contributed by atoms with Crippen LogP contribution < -0.4 is 0 Å². The summed E-state index contributed by atoms with van der Waals surface area (Å²) in [5, 5.41) is -0.396. The summed E-state index contributed by atoms with van der Waals surface area (Å²) in [5.74, 6) is -1.86. The molecule has 0 saturated heterocycles. The Morgan fingerprint density at radius 3 is 2.81 bits per heavy atom. The van der Waals surface area contributed by atoms with Crippen molar-refractivity contribution in [3.05, 3.63) is 35.4 Å². The number of benzene rings is 1. The van der Waals surface area contributed by atoms with Crippen LogP contribution in [-0.2, 0) is 15.3 Å². The largest absolute Gasteiger partial charge is 0.468 e. The second-order valence-electron chi connectivity index (χ2n) is 3.19. The Labute approximate surface area is 97.0 Å². The number of carbonyl (C=O) groups excluding carboxylic acids is 1. The lowest BCUT2D eigenvalue weighted by molar-refractivity contribution is -0.139. The highest BCUT2D eigenvalue weighted by atomic mass is 32.2. The van der Waals surface area contributed by atoms with Crippen molar-refractivity contribution in [2.24, 2.45) is 0 Å². The first kappa shape index (κ1) is 13.0. The molecule has 1 rings (SSSR count). The van der Waals surface area contributed by atoms with Gasteiger partial charge in [-0.15, -0.1) is 11.8 Å². The molecule has 0 saturated carbocycles. The molecule has 0 spiro atoms. The SMILES string of the molecule is COC(=O)C(C)SCc1cccc(F)c1F. The zero-order chi connectivity index (χ0) is 12.1. The van der Waals surface area contributed by atoms with E-state index in [-0.39, 0.29) is 17.3 Å². The molecule has 0 heterocycles. The van der Waals surface area contributed by atoms with Crippen molar-refractivity contribution in [3.8, 4) is 0 Å². The second kappa shape index (κ2) is 5.84. The topological polar surface area (TPSA) is 26.3 Å². The summed E-state index contributed by atoms with van der Waals surface area (Å²) in [6.07, 6.45) is 0. The van der Waals surface area contributed by atoms with Gasteiger partial charge in [0.2, 0.25) is 0 Å².